The number of benzene rings is 2. The van der Waals surface area contributed by atoms with Crippen LogP contribution >= 0.6 is 27.5 Å². The van der Waals surface area contributed by atoms with Crippen molar-refractivity contribution in [2.24, 2.45) is 0 Å². The van der Waals surface area contributed by atoms with Crippen molar-refractivity contribution in [2.75, 3.05) is 5.32 Å². The number of hydrogen-bond acceptors (Lipinski definition) is 2. The first-order valence-electron chi connectivity index (χ1n) is 6.11. The molecular weight excluding hydrogens is 420 g/mol. The van der Waals surface area contributed by atoms with Crippen molar-refractivity contribution in [3.05, 3.63) is 62.6 Å². The molecule has 2 aromatic carbocycles. The van der Waals surface area contributed by atoms with Gasteiger partial charge < -0.3 is 5.32 Å². The van der Waals surface area contributed by atoms with Gasteiger partial charge in [-0.3, -0.25) is 10.1 Å². The molecule has 24 heavy (non-hydrogen) atoms. The highest BCUT2D eigenvalue weighted by atomic mass is 79.9. The quantitative estimate of drug-likeness (QED) is 0.419. The first-order chi connectivity index (χ1) is 11.2. The molecule has 10 heteroatoms. The molecular formula is C14H6BrClF4N2O2. The SMILES string of the molecule is O=C(NC(=O)c1c(F)cccc1F)Nc1cc(Br)c(F)c(Cl)c1F. The zero-order chi connectivity index (χ0) is 18.0. The molecule has 0 saturated carbocycles. The summed E-state index contributed by atoms with van der Waals surface area (Å²) in [5, 5.41) is 2.62. The van der Waals surface area contributed by atoms with Gasteiger partial charge in [0.2, 0.25) is 0 Å². The standard InChI is InChI=1S/C14H6BrClF4N2O2/c15-5-4-8(12(20)10(16)11(5)19)21-14(24)22-13(23)9-6(17)2-1-3-7(9)18/h1-4H,(H2,21,22,23,24). The highest BCUT2D eigenvalue weighted by Crippen LogP contribution is 2.31. The lowest BCUT2D eigenvalue weighted by atomic mass is 10.2. The molecule has 0 fully saturated rings. The number of amides is 3. The Hall–Kier alpha value is -2.13. The molecule has 0 radical (unpaired) electrons. The molecule has 0 spiro atoms. The second-order valence-corrected chi connectivity index (χ2v) is 5.59. The Bertz CT molecular complexity index is 828. The van der Waals surface area contributed by atoms with E-state index < -0.39 is 51.5 Å². The lowest BCUT2D eigenvalue weighted by molar-refractivity contribution is 0.0959. The van der Waals surface area contributed by atoms with Gasteiger partial charge in [0.25, 0.3) is 5.91 Å². The molecule has 2 aromatic rings. The third-order valence-electron chi connectivity index (χ3n) is 2.77. The van der Waals surface area contributed by atoms with Crippen molar-refractivity contribution in [1.82, 2.24) is 5.32 Å². The zero-order valence-corrected chi connectivity index (χ0v) is 13.7. The second kappa shape index (κ2) is 7.18. The van der Waals surface area contributed by atoms with Crippen LogP contribution in [0.15, 0.2) is 28.7 Å². The van der Waals surface area contributed by atoms with Gasteiger partial charge >= 0.3 is 6.03 Å². The fourth-order valence-electron chi connectivity index (χ4n) is 1.70. The Morgan fingerprint density at radius 1 is 1.04 bits per heavy atom. The van der Waals surface area contributed by atoms with Crippen LogP contribution in [0.2, 0.25) is 5.02 Å². The molecule has 0 aromatic heterocycles. The molecule has 0 bridgehead atoms. The number of anilines is 1. The van der Waals surface area contributed by atoms with Gasteiger partial charge in [-0.2, -0.15) is 0 Å². The van der Waals surface area contributed by atoms with E-state index in [9.17, 15) is 27.2 Å². The van der Waals surface area contributed by atoms with Gasteiger partial charge in [-0.05, 0) is 34.1 Å². The summed E-state index contributed by atoms with van der Waals surface area (Å²) >= 11 is 8.16. The van der Waals surface area contributed by atoms with E-state index in [-0.39, 0.29) is 4.47 Å². The van der Waals surface area contributed by atoms with Gasteiger partial charge in [-0.15, -0.1) is 0 Å². The summed E-state index contributed by atoms with van der Waals surface area (Å²) in [7, 11) is 0. The predicted octanol–water partition coefficient (Wildman–Crippen LogP) is 4.62. The van der Waals surface area contributed by atoms with Gasteiger partial charge in [-0.1, -0.05) is 17.7 Å². The van der Waals surface area contributed by atoms with Crippen molar-refractivity contribution in [1.29, 1.82) is 0 Å². The highest BCUT2D eigenvalue weighted by Gasteiger charge is 2.21. The fourth-order valence-corrected chi connectivity index (χ4v) is 2.44. The van der Waals surface area contributed by atoms with Crippen molar-refractivity contribution in [3.63, 3.8) is 0 Å². The van der Waals surface area contributed by atoms with E-state index in [1.807, 2.05) is 5.32 Å². The van der Waals surface area contributed by atoms with E-state index in [0.717, 1.165) is 24.3 Å². The molecule has 0 heterocycles. The first kappa shape index (κ1) is 18.2. The molecule has 0 unspecified atom stereocenters. The van der Waals surface area contributed by atoms with Crippen molar-refractivity contribution < 1.29 is 27.2 Å². The number of nitrogens with one attached hydrogen (secondary N) is 2. The minimum absolute atomic E-state index is 0.240. The zero-order valence-electron chi connectivity index (χ0n) is 11.4. The number of imide groups is 1. The summed E-state index contributed by atoms with van der Waals surface area (Å²) in [5.74, 6) is -6.10. The van der Waals surface area contributed by atoms with Crippen LogP contribution in [0.4, 0.5) is 28.0 Å². The predicted molar refractivity (Wildman–Crippen MR) is 81.9 cm³/mol. The number of hydrogen-bond donors (Lipinski definition) is 2. The number of rotatable bonds is 2. The molecule has 126 valence electrons. The van der Waals surface area contributed by atoms with Crippen LogP contribution in [0.1, 0.15) is 10.4 Å². The van der Waals surface area contributed by atoms with E-state index in [1.165, 1.54) is 0 Å². The van der Waals surface area contributed by atoms with Crippen LogP contribution < -0.4 is 10.6 Å². The summed E-state index contributed by atoms with van der Waals surface area (Å²) in [5.41, 5.74) is -1.53. The van der Waals surface area contributed by atoms with Crippen molar-refractivity contribution in [3.8, 4) is 0 Å². The summed E-state index contributed by atoms with van der Waals surface area (Å²) in [6.07, 6.45) is 0. The molecule has 3 amide bonds. The summed E-state index contributed by atoms with van der Waals surface area (Å²) in [4.78, 5) is 23.4. The molecule has 0 aliphatic carbocycles. The van der Waals surface area contributed by atoms with Gasteiger partial charge in [0.05, 0.1) is 10.2 Å². The molecule has 2 N–H and O–H groups in total. The number of carbonyl (C=O) groups excluding carboxylic acids is 2. The van der Waals surface area contributed by atoms with Crippen LogP contribution in [-0.4, -0.2) is 11.9 Å². The normalized spacial score (nSPS) is 10.4. The average molecular weight is 426 g/mol. The third kappa shape index (κ3) is 3.68. The number of halogens is 6. The van der Waals surface area contributed by atoms with Crippen LogP contribution in [0.3, 0.4) is 0 Å². The van der Waals surface area contributed by atoms with E-state index in [4.69, 9.17) is 11.6 Å². The Morgan fingerprint density at radius 2 is 1.62 bits per heavy atom. The monoisotopic (exact) mass is 424 g/mol. The van der Waals surface area contributed by atoms with Crippen LogP contribution in [0.5, 0.6) is 0 Å². The minimum atomic E-state index is -1.38. The largest absolute Gasteiger partial charge is 0.326 e. The van der Waals surface area contributed by atoms with E-state index in [1.54, 1.807) is 5.32 Å². The van der Waals surface area contributed by atoms with Gasteiger partial charge in [0.1, 0.15) is 22.2 Å². The molecule has 4 nitrogen and oxygen atoms in total. The Kier molecular flexibility index (Phi) is 5.45. The second-order valence-electron chi connectivity index (χ2n) is 4.35. The number of urea groups is 1. The maximum absolute atomic E-state index is 13.8. The van der Waals surface area contributed by atoms with Gasteiger partial charge in [0, 0.05) is 0 Å². The topological polar surface area (TPSA) is 58.2 Å². The van der Waals surface area contributed by atoms with E-state index in [0.29, 0.717) is 0 Å². The number of carbonyl (C=O) groups is 2. The van der Waals surface area contributed by atoms with Gasteiger partial charge in [-0.25, -0.2) is 22.4 Å². The average Bonchev–Trinajstić information content (AvgIpc) is 2.50. The van der Waals surface area contributed by atoms with Crippen LogP contribution in [0, 0.1) is 23.3 Å². The summed E-state index contributed by atoms with van der Waals surface area (Å²) in [6, 6.07) is 2.26. The summed E-state index contributed by atoms with van der Waals surface area (Å²) < 4.78 is 53.7. The van der Waals surface area contributed by atoms with Crippen molar-refractivity contribution >= 4 is 45.2 Å². The molecule has 2 rings (SSSR count). The smallest absolute Gasteiger partial charge is 0.305 e. The Morgan fingerprint density at radius 3 is 2.21 bits per heavy atom. The Balaban J connectivity index is 2.19. The maximum Gasteiger partial charge on any atom is 0.326 e. The van der Waals surface area contributed by atoms with Crippen LogP contribution in [-0.2, 0) is 0 Å². The fraction of sp³-hybridized carbons (Fsp3) is 0. The molecule has 0 saturated heterocycles. The van der Waals surface area contributed by atoms with Crippen LogP contribution in [0.25, 0.3) is 0 Å². The third-order valence-corrected chi connectivity index (χ3v) is 3.68. The lowest BCUT2D eigenvalue weighted by Crippen LogP contribution is -2.35. The molecule has 0 aliphatic rings. The summed E-state index contributed by atoms with van der Waals surface area (Å²) in [6.45, 7) is 0. The molecule has 0 aliphatic heterocycles. The molecule has 0 atom stereocenters. The van der Waals surface area contributed by atoms with Gasteiger partial charge in [0.15, 0.2) is 11.6 Å². The highest BCUT2D eigenvalue weighted by molar-refractivity contribution is 9.10. The maximum atomic E-state index is 13.8. The van der Waals surface area contributed by atoms with E-state index >= 15 is 0 Å². The lowest BCUT2D eigenvalue weighted by Gasteiger charge is -2.10. The van der Waals surface area contributed by atoms with E-state index in [2.05, 4.69) is 15.9 Å². The first-order valence-corrected chi connectivity index (χ1v) is 7.28. The Labute approximate surface area is 145 Å². The minimum Gasteiger partial charge on any atom is -0.305 e. The van der Waals surface area contributed by atoms with Crippen molar-refractivity contribution in [2.45, 2.75) is 0 Å².